The number of hydrogen-bond acceptors (Lipinski definition) is 3. The minimum absolute atomic E-state index is 0.0243. The molecular weight excluding hydrogens is 432 g/mol. The lowest BCUT2D eigenvalue weighted by Gasteiger charge is -2.09. The van der Waals surface area contributed by atoms with Crippen LogP contribution in [0.3, 0.4) is 0 Å². The Morgan fingerprint density at radius 3 is 1.85 bits per heavy atom. The number of rotatable bonds is 17. The zero-order valence-corrected chi connectivity index (χ0v) is 20.8. The Bertz CT molecular complexity index is 897. The summed E-state index contributed by atoms with van der Waals surface area (Å²) in [4.78, 5) is 12.4. The van der Waals surface area contributed by atoms with Gasteiger partial charge in [-0.2, -0.15) is 0 Å². The fourth-order valence-corrected chi connectivity index (χ4v) is 4.77. The van der Waals surface area contributed by atoms with E-state index in [9.17, 15) is 13.2 Å². The van der Waals surface area contributed by atoms with Gasteiger partial charge >= 0.3 is 0 Å². The van der Waals surface area contributed by atoms with Crippen LogP contribution in [0, 0.1) is 0 Å². The fraction of sp³-hybridized carbons (Fsp3) is 0.519. The molecule has 0 aromatic heterocycles. The molecule has 5 nitrogen and oxygen atoms in total. The van der Waals surface area contributed by atoms with Crippen molar-refractivity contribution < 1.29 is 13.2 Å². The Morgan fingerprint density at radius 1 is 0.727 bits per heavy atom. The Morgan fingerprint density at radius 2 is 1.27 bits per heavy atom. The number of unbranched alkanes of at least 4 members (excludes halogenated alkanes) is 10. The molecular formula is C27H40N2O3S. The molecule has 2 aromatic carbocycles. The van der Waals surface area contributed by atoms with E-state index in [0.29, 0.717) is 12.1 Å². The van der Waals surface area contributed by atoms with Gasteiger partial charge in [0.1, 0.15) is 0 Å². The Hall–Kier alpha value is -2.18. The monoisotopic (exact) mass is 472 g/mol. The lowest BCUT2D eigenvalue weighted by atomic mass is 10.1. The van der Waals surface area contributed by atoms with Gasteiger partial charge in [0.25, 0.3) is 0 Å². The quantitative estimate of drug-likeness (QED) is 0.248. The third-order valence-corrected chi connectivity index (χ3v) is 7.18. The first-order valence-electron chi connectivity index (χ1n) is 12.4. The summed E-state index contributed by atoms with van der Waals surface area (Å²) >= 11 is 0. The van der Waals surface area contributed by atoms with Gasteiger partial charge in [-0.25, -0.2) is 13.1 Å². The Kier molecular flexibility index (Phi) is 12.8. The molecule has 0 saturated carbocycles. The lowest BCUT2D eigenvalue weighted by molar-refractivity contribution is -0.116. The molecule has 1 amide bonds. The van der Waals surface area contributed by atoms with Gasteiger partial charge in [-0.3, -0.25) is 4.79 Å². The van der Waals surface area contributed by atoms with Gasteiger partial charge in [0.15, 0.2) is 0 Å². The van der Waals surface area contributed by atoms with Crippen LogP contribution in [-0.4, -0.2) is 14.3 Å². The topological polar surface area (TPSA) is 75.3 Å². The highest BCUT2D eigenvalue weighted by molar-refractivity contribution is 7.89. The number of amides is 1. The van der Waals surface area contributed by atoms with Crippen LogP contribution < -0.4 is 10.0 Å². The molecule has 0 aliphatic heterocycles. The number of nitrogens with one attached hydrogen (secondary N) is 2. The molecule has 0 unspecified atom stereocenters. The minimum atomic E-state index is -3.60. The maximum absolute atomic E-state index is 12.5. The van der Waals surface area contributed by atoms with Gasteiger partial charge in [0, 0.05) is 18.7 Å². The van der Waals surface area contributed by atoms with E-state index < -0.39 is 10.0 Å². The highest BCUT2D eigenvalue weighted by Crippen LogP contribution is 2.16. The SMILES string of the molecule is CCCCCCCCCCCCCC(=O)Nc1ccc(S(=O)(=O)NCc2ccccc2)cc1. The number of sulfonamides is 1. The molecule has 2 N–H and O–H groups in total. The maximum atomic E-state index is 12.5. The molecule has 2 aromatic rings. The summed E-state index contributed by atoms with van der Waals surface area (Å²) in [6, 6.07) is 15.7. The van der Waals surface area contributed by atoms with Crippen LogP contribution in [0.15, 0.2) is 59.5 Å². The van der Waals surface area contributed by atoms with Crippen molar-refractivity contribution in [3.05, 3.63) is 60.2 Å². The van der Waals surface area contributed by atoms with Crippen molar-refractivity contribution in [2.24, 2.45) is 0 Å². The molecule has 6 heteroatoms. The molecule has 2 rings (SSSR count). The summed E-state index contributed by atoms with van der Waals surface area (Å²) in [5.74, 6) is -0.0243. The van der Waals surface area contributed by atoms with Crippen LogP contribution in [0.1, 0.15) is 89.5 Å². The average molecular weight is 473 g/mol. The zero-order chi connectivity index (χ0) is 23.8. The van der Waals surface area contributed by atoms with E-state index in [0.717, 1.165) is 18.4 Å². The number of carbonyl (C=O) groups excluding carboxylic acids is 1. The van der Waals surface area contributed by atoms with Crippen molar-refractivity contribution in [1.29, 1.82) is 0 Å². The summed E-state index contributed by atoms with van der Waals surface area (Å²) in [6.45, 7) is 2.48. The van der Waals surface area contributed by atoms with E-state index in [4.69, 9.17) is 0 Å². The Labute approximate surface area is 200 Å². The molecule has 0 aliphatic carbocycles. The van der Waals surface area contributed by atoms with Gasteiger partial charge < -0.3 is 5.32 Å². The fourth-order valence-electron chi connectivity index (χ4n) is 3.75. The molecule has 0 heterocycles. The van der Waals surface area contributed by atoms with E-state index in [1.807, 2.05) is 30.3 Å². The summed E-state index contributed by atoms with van der Waals surface area (Å²) in [6.07, 6.45) is 14.3. The van der Waals surface area contributed by atoms with Gasteiger partial charge in [0.05, 0.1) is 4.90 Å². The number of carbonyl (C=O) groups is 1. The van der Waals surface area contributed by atoms with Crippen molar-refractivity contribution in [2.75, 3.05) is 5.32 Å². The van der Waals surface area contributed by atoms with Crippen LogP contribution in [0.25, 0.3) is 0 Å². The molecule has 33 heavy (non-hydrogen) atoms. The summed E-state index contributed by atoms with van der Waals surface area (Å²) < 4.78 is 27.5. The standard InChI is InChI=1S/C27H40N2O3S/c1-2-3-4-5-6-7-8-9-10-11-15-18-27(30)29-25-19-21-26(22-20-25)33(31,32)28-23-24-16-13-12-14-17-24/h12-14,16-17,19-22,28H,2-11,15,18,23H2,1H3,(H,29,30). The summed E-state index contributed by atoms with van der Waals surface area (Å²) in [7, 11) is -3.60. The number of anilines is 1. The Balaban J connectivity index is 1.60. The molecule has 0 spiro atoms. The first-order chi connectivity index (χ1) is 16.0. The van der Waals surface area contributed by atoms with Crippen molar-refractivity contribution in [3.63, 3.8) is 0 Å². The predicted octanol–water partition coefficient (Wildman–Crippen LogP) is 6.80. The van der Waals surface area contributed by atoms with Gasteiger partial charge in [-0.1, -0.05) is 101 Å². The highest BCUT2D eigenvalue weighted by atomic mass is 32.2. The normalized spacial score (nSPS) is 11.4. The first kappa shape index (κ1) is 27.1. The second-order valence-electron chi connectivity index (χ2n) is 8.67. The van der Waals surface area contributed by atoms with Crippen LogP contribution >= 0.6 is 0 Å². The number of benzene rings is 2. The van der Waals surface area contributed by atoms with E-state index in [2.05, 4.69) is 17.0 Å². The molecule has 0 radical (unpaired) electrons. The third-order valence-electron chi connectivity index (χ3n) is 5.76. The van der Waals surface area contributed by atoms with Crippen LogP contribution in [0.2, 0.25) is 0 Å². The molecule has 0 saturated heterocycles. The molecule has 0 fully saturated rings. The van der Waals surface area contributed by atoms with Crippen LogP contribution in [-0.2, 0) is 21.4 Å². The van der Waals surface area contributed by atoms with Gasteiger partial charge in [-0.05, 0) is 36.2 Å². The number of hydrogen-bond donors (Lipinski definition) is 2. The first-order valence-corrected chi connectivity index (χ1v) is 13.9. The molecule has 182 valence electrons. The zero-order valence-electron chi connectivity index (χ0n) is 20.0. The second-order valence-corrected chi connectivity index (χ2v) is 10.4. The van der Waals surface area contributed by atoms with Crippen molar-refractivity contribution in [2.45, 2.75) is 95.4 Å². The largest absolute Gasteiger partial charge is 0.326 e. The highest BCUT2D eigenvalue weighted by Gasteiger charge is 2.13. The smallest absolute Gasteiger partial charge is 0.240 e. The maximum Gasteiger partial charge on any atom is 0.240 e. The van der Waals surface area contributed by atoms with Crippen molar-refractivity contribution in [1.82, 2.24) is 4.72 Å². The van der Waals surface area contributed by atoms with E-state index >= 15 is 0 Å². The third kappa shape index (κ3) is 11.5. The van der Waals surface area contributed by atoms with Crippen molar-refractivity contribution in [3.8, 4) is 0 Å². The van der Waals surface area contributed by atoms with Gasteiger partial charge in [-0.15, -0.1) is 0 Å². The predicted molar refractivity (Wildman–Crippen MR) is 137 cm³/mol. The second kappa shape index (κ2) is 15.6. The van der Waals surface area contributed by atoms with E-state index in [-0.39, 0.29) is 17.3 Å². The average Bonchev–Trinajstić information content (AvgIpc) is 2.82. The lowest BCUT2D eigenvalue weighted by Crippen LogP contribution is -2.23. The minimum Gasteiger partial charge on any atom is -0.326 e. The van der Waals surface area contributed by atoms with Crippen LogP contribution in [0.5, 0.6) is 0 Å². The summed E-state index contributed by atoms with van der Waals surface area (Å²) in [5, 5.41) is 2.86. The van der Waals surface area contributed by atoms with E-state index in [1.165, 1.54) is 69.9 Å². The van der Waals surface area contributed by atoms with E-state index in [1.54, 1.807) is 12.1 Å². The summed E-state index contributed by atoms with van der Waals surface area (Å²) in [5.41, 5.74) is 1.51. The molecule has 0 bridgehead atoms. The molecule has 0 aliphatic rings. The van der Waals surface area contributed by atoms with Crippen LogP contribution in [0.4, 0.5) is 5.69 Å². The molecule has 0 atom stereocenters. The van der Waals surface area contributed by atoms with Gasteiger partial charge in [0.2, 0.25) is 15.9 Å². The van der Waals surface area contributed by atoms with Crippen molar-refractivity contribution >= 4 is 21.6 Å².